The summed E-state index contributed by atoms with van der Waals surface area (Å²) in [5.74, 6) is 0.673. The van der Waals surface area contributed by atoms with Crippen LogP contribution in [0.5, 0.6) is 0 Å². The van der Waals surface area contributed by atoms with E-state index >= 15 is 0 Å². The molecular formula is C18H19N7O3. The summed E-state index contributed by atoms with van der Waals surface area (Å²) in [6.07, 6.45) is -0.0589. The van der Waals surface area contributed by atoms with Gasteiger partial charge in [0.05, 0.1) is 23.5 Å². The fourth-order valence-corrected chi connectivity index (χ4v) is 3.15. The number of aromatic amines is 2. The van der Waals surface area contributed by atoms with Gasteiger partial charge in [-0.15, -0.1) is 0 Å². The van der Waals surface area contributed by atoms with Crippen LogP contribution in [-0.2, 0) is 25.3 Å². The summed E-state index contributed by atoms with van der Waals surface area (Å²) in [6.45, 7) is 1.83. The van der Waals surface area contributed by atoms with Crippen molar-refractivity contribution in [2.75, 3.05) is 0 Å². The number of H-pyrrole nitrogens is 2. The third-order valence-electron chi connectivity index (χ3n) is 4.67. The van der Waals surface area contributed by atoms with Crippen LogP contribution in [0.15, 0.2) is 33.9 Å². The zero-order valence-electron chi connectivity index (χ0n) is 15.6. The molecule has 3 aromatic heterocycles. The highest BCUT2D eigenvalue weighted by Crippen LogP contribution is 2.15. The molecular weight excluding hydrogens is 362 g/mol. The number of rotatable bonds is 4. The van der Waals surface area contributed by atoms with Crippen LogP contribution < -0.4 is 16.6 Å². The van der Waals surface area contributed by atoms with Crippen LogP contribution in [0, 0.1) is 0 Å². The average molecular weight is 381 g/mol. The lowest BCUT2D eigenvalue weighted by Crippen LogP contribution is -2.36. The lowest BCUT2D eigenvalue weighted by atomic mass is 10.3. The molecule has 1 amide bonds. The molecule has 0 bridgehead atoms. The van der Waals surface area contributed by atoms with Gasteiger partial charge in [0.1, 0.15) is 17.2 Å². The minimum Gasteiger partial charge on any atom is -0.346 e. The van der Waals surface area contributed by atoms with E-state index in [9.17, 15) is 14.4 Å². The number of benzene rings is 1. The van der Waals surface area contributed by atoms with Gasteiger partial charge in [0, 0.05) is 14.1 Å². The van der Waals surface area contributed by atoms with Crippen molar-refractivity contribution in [3.05, 3.63) is 56.8 Å². The first kappa shape index (κ1) is 17.7. The average Bonchev–Trinajstić information content (AvgIpc) is 3.29. The molecule has 144 valence electrons. The normalized spacial score (nSPS) is 12.5. The summed E-state index contributed by atoms with van der Waals surface area (Å²) in [5.41, 5.74) is 1.19. The molecule has 1 unspecified atom stereocenters. The maximum absolute atomic E-state index is 12.4. The fraction of sp³-hybridized carbons (Fsp3) is 0.278. The molecule has 0 fully saturated rings. The van der Waals surface area contributed by atoms with E-state index in [-0.39, 0.29) is 29.5 Å². The Hall–Kier alpha value is -3.69. The molecule has 0 saturated heterocycles. The van der Waals surface area contributed by atoms with Crippen LogP contribution in [0.1, 0.15) is 24.6 Å². The Bertz CT molecular complexity index is 1290. The van der Waals surface area contributed by atoms with Crippen molar-refractivity contribution in [2.45, 2.75) is 19.4 Å². The van der Waals surface area contributed by atoms with E-state index in [0.717, 1.165) is 15.6 Å². The highest BCUT2D eigenvalue weighted by Gasteiger charge is 2.17. The van der Waals surface area contributed by atoms with Gasteiger partial charge in [-0.1, -0.05) is 12.1 Å². The van der Waals surface area contributed by atoms with E-state index in [1.54, 1.807) is 0 Å². The van der Waals surface area contributed by atoms with E-state index in [1.165, 1.54) is 18.7 Å². The Kier molecular flexibility index (Phi) is 4.10. The third-order valence-corrected chi connectivity index (χ3v) is 4.67. The van der Waals surface area contributed by atoms with Gasteiger partial charge in [0.15, 0.2) is 5.65 Å². The maximum atomic E-state index is 12.4. The van der Waals surface area contributed by atoms with Crippen LogP contribution in [0.4, 0.5) is 0 Å². The molecule has 0 aliphatic carbocycles. The van der Waals surface area contributed by atoms with Crippen molar-refractivity contribution in [2.24, 2.45) is 14.1 Å². The summed E-state index contributed by atoms with van der Waals surface area (Å²) in [7, 11) is 2.92. The second-order valence-electron chi connectivity index (χ2n) is 6.69. The number of hydrogen-bond acceptors (Lipinski definition) is 5. The summed E-state index contributed by atoms with van der Waals surface area (Å²) >= 11 is 0. The molecule has 0 aliphatic heterocycles. The van der Waals surface area contributed by atoms with Gasteiger partial charge in [0.25, 0.3) is 5.56 Å². The molecule has 3 N–H and O–H groups in total. The quantitative estimate of drug-likeness (QED) is 0.467. The molecule has 3 heterocycles. The first-order valence-corrected chi connectivity index (χ1v) is 8.73. The number of nitrogens with zero attached hydrogens (tertiary/aromatic N) is 4. The molecule has 4 rings (SSSR count). The fourth-order valence-electron chi connectivity index (χ4n) is 3.15. The third kappa shape index (κ3) is 2.88. The zero-order chi connectivity index (χ0) is 20.0. The number of para-hydroxylation sites is 2. The van der Waals surface area contributed by atoms with Crippen LogP contribution in [0.25, 0.3) is 22.2 Å². The first-order chi connectivity index (χ1) is 13.3. The smallest absolute Gasteiger partial charge is 0.332 e. The van der Waals surface area contributed by atoms with E-state index < -0.39 is 11.2 Å². The number of amides is 1. The zero-order valence-corrected chi connectivity index (χ0v) is 15.6. The highest BCUT2D eigenvalue weighted by atomic mass is 16.2. The van der Waals surface area contributed by atoms with Crippen LogP contribution in [0.2, 0.25) is 0 Å². The van der Waals surface area contributed by atoms with Crippen molar-refractivity contribution < 1.29 is 4.79 Å². The lowest BCUT2D eigenvalue weighted by Gasteiger charge is -2.10. The number of carbonyl (C=O) groups is 1. The summed E-state index contributed by atoms with van der Waals surface area (Å²) < 4.78 is 2.26. The Labute approximate surface area is 158 Å². The monoisotopic (exact) mass is 381 g/mol. The van der Waals surface area contributed by atoms with Crippen molar-refractivity contribution >= 4 is 28.1 Å². The molecule has 1 atom stereocenters. The van der Waals surface area contributed by atoms with Crippen molar-refractivity contribution in [1.82, 2.24) is 34.4 Å². The topological polar surface area (TPSA) is 130 Å². The first-order valence-electron chi connectivity index (χ1n) is 8.73. The molecule has 4 aromatic rings. The van der Waals surface area contributed by atoms with Crippen molar-refractivity contribution in [3.63, 3.8) is 0 Å². The molecule has 1 aromatic carbocycles. The predicted molar refractivity (Wildman–Crippen MR) is 103 cm³/mol. The number of hydrogen-bond donors (Lipinski definition) is 3. The largest absolute Gasteiger partial charge is 0.346 e. The van der Waals surface area contributed by atoms with Gasteiger partial charge in [0.2, 0.25) is 5.91 Å². The lowest BCUT2D eigenvalue weighted by molar-refractivity contribution is -0.121. The van der Waals surface area contributed by atoms with Crippen LogP contribution in [0.3, 0.4) is 0 Å². The second-order valence-corrected chi connectivity index (χ2v) is 6.69. The highest BCUT2D eigenvalue weighted by molar-refractivity contribution is 5.80. The molecule has 10 heteroatoms. The number of aromatic nitrogens is 6. The Morgan fingerprint density at radius 2 is 1.89 bits per heavy atom. The summed E-state index contributed by atoms with van der Waals surface area (Å²) in [6, 6.07) is 7.28. The number of imidazole rings is 2. The van der Waals surface area contributed by atoms with Gasteiger partial charge < -0.3 is 15.3 Å². The van der Waals surface area contributed by atoms with E-state index in [2.05, 4.69) is 25.3 Å². The van der Waals surface area contributed by atoms with Crippen molar-refractivity contribution in [3.8, 4) is 0 Å². The van der Waals surface area contributed by atoms with E-state index in [4.69, 9.17) is 0 Å². The summed E-state index contributed by atoms with van der Waals surface area (Å²) in [4.78, 5) is 51.4. The van der Waals surface area contributed by atoms with Crippen molar-refractivity contribution in [1.29, 1.82) is 0 Å². The van der Waals surface area contributed by atoms with E-state index in [0.29, 0.717) is 11.6 Å². The SMILES string of the molecule is CC(NC(=O)Cc1nc2c([nH]1)c(=O)n(C)c(=O)n2C)c1nc2ccccc2[nH]1. The number of carbonyl (C=O) groups excluding carboxylic acids is 1. The van der Waals surface area contributed by atoms with Crippen LogP contribution >= 0.6 is 0 Å². The minimum atomic E-state index is -0.479. The number of aryl methyl sites for hydroxylation is 1. The Balaban J connectivity index is 1.55. The molecule has 10 nitrogen and oxygen atoms in total. The van der Waals surface area contributed by atoms with Gasteiger partial charge in [-0.05, 0) is 19.1 Å². The van der Waals surface area contributed by atoms with Gasteiger partial charge in [-0.3, -0.25) is 18.7 Å². The van der Waals surface area contributed by atoms with E-state index in [1.807, 2.05) is 31.2 Å². The minimum absolute atomic E-state index is 0.0589. The van der Waals surface area contributed by atoms with Gasteiger partial charge in [-0.2, -0.15) is 0 Å². The van der Waals surface area contributed by atoms with Gasteiger partial charge >= 0.3 is 5.69 Å². The maximum Gasteiger partial charge on any atom is 0.332 e. The second kappa shape index (κ2) is 6.48. The molecule has 0 radical (unpaired) electrons. The molecule has 0 aliphatic rings. The number of fused-ring (bicyclic) bond motifs is 2. The molecule has 28 heavy (non-hydrogen) atoms. The molecule has 0 spiro atoms. The predicted octanol–water partition coefficient (Wildman–Crippen LogP) is 0.257. The van der Waals surface area contributed by atoms with Crippen LogP contribution in [-0.4, -0.2) is 35.0 Å². The standard InChI is InChI=1S/C18H19N7O3/c1-9(15-20-10-6-4-5-7-11(10)21-15)19-13(26)8-12-22-14-16(23-12)24(2)18(28)25(3)17(14)27/h4-7,9H,8H2,1-3H3,(H,19,26)(H,20,21)(H,22,23). The summed E-state index contributed by atoms with van der Waals surface area (Å²) in [5, 5.41) is 2.86. The number of nitrogens with one attached hydrogen (secondary N) is 3. The molecule has 0 saturated carbocycles. The Morgan fingerprint density at radius 3 is 2.64 bits per heavy atom. The Morgan fingerprint density at radius 1 is 1.14 bits per heavy atom. The van der Waals surface area contributed by atoms with Gasteiger partial charge in [-0.25, -0.2) is 14.8 Å².